The molecule has 0 unspecified atom stereocenters. The Morgan fingerprint density at radius 3 is 2.26 bits per heavy atom. The molecule has 1 aromatic heterocycles. The summed E-state index contributed by atoms with van der Waals surface area (Å²) < 4.78 is 1.59. The van der Waals surface area contributed by atoms with Crippen molar-refractivity contribution in [1.29, 1.82) is 0 Å². The third-order valence-electron chi connectivity index (χ3n) is 4.99. The Balaban J connectivity index is 1.74. The van der Waals surface area contributed by atoms with Crippen molar-refractivity contribution in [3.63, 3.8) is 0 Å². The summed E-state index contributed by atoms with van der Waals surface area (Å²) in [6.07, 6.45) is 1.25. The quantitative estimate of drug-likeness (QED) is 0.668. The Morgan fingerprint density at radius 2 is 1.57 bits per heavy atom. The van der Waals surface area contributed by atoms with Crippen molar-refractivity contribution >= 4 is 6.03 Å². The number of nitrogens with zero attached hydrogens (tertiary/aromatic N) is 5. The van der Waals surface area contributed by atoms with E-state index in [0.29, 0.717) is 25.9 Å². The first-order valence-electron chi connectivity index (χ1n) is 8.25. The van der Waals surface area contributed by atoms with Crippen molar-refractivity contribution in [2.24, 2.45) is 7.05 Å². The van der Waals surface area contributed by atoms with Gasteiger partial charge in [-0.25, -0.2) is 9.78 Å². The molecule has 0 aliphatic carbocycles. The predicted octanol–water partition coefficient (Wildman–Crippen LogP) is -0.143. The van der Waals surface area contributed by atoms with Crippen molar-refractivity contribution in [2.45, 2.75) is 19.8 Å². The van der Waals surface area contributed by atoms with Gasteiger partial charge in [-0.15, -0.1) is 0 Å². The lowest BCUT2D eigenvalue weighted by molar-refractivity contribution is 0.123. The minimum Gasteiger partial charge on any atom is -0.324 e. The van der Waals surface area contributed by atoms with Crippen LogP contribution in [0.2, 0.25) is 0 Å². The second kappa shape index (κ2) is 6.31. The van der Waals surface area contributed by atoms with E-state index in [1.165, 1.54) is 0 Å². The van der Waals surface area contributed by atoms with E-state index >= 15 is 0 Å². The number of fused-ring (bicyclic) bond motifs is 1. The molecule has 126 valence electrons. The lowest BCUT2D eigenvalue weighted by atomic mass is 10.1. The largest absolute Gasteiger partial charge is 0.324 e. The molecule has 0 atom stereocenters. The van der Waals surface area contributed by atoms with Gasteiger partial charge < -0.3 is 14.7 Å². The monoisotopic (exact) mass is 319 g/mol. The van der Waals surface area contributed by atoms with Crippen molar-refractivity contribution in [2.75, 3.05) is 46.3 Å². The normalized spacial score (nSPS) is 19.4. The van der Waals surface area contributed by atoms with Gasteiger partial charge >= 0.3 is 6.03 Å². The highest BCUT2D eigenvalue weighted by atomic mass is 16.2. The highest BCUT2D eigenvalue weighted by Gasteiger charge is 2.27. The summed E-state index contributed by atoms with van der Waals surface area (Å²) in [5.74, 6) is 0.729. The van der Waals surface area contributed by atoms with E-state index in [4.69, 9.17) is 0 Å². The average Bonchev–Trinajstić information content (AvgIpc) is 2.75. The Hall–Kier alpha value is -1.89. The second-order valence-electron chi connectivity index (χ2n) is 6.51. The van der Waals surface area contributed by atoms with Crippen LogP contribution in [0.3, 0.4) is 0 Å². The zero-order chi connectivity index (χ0) is 16.6. The average molecular weight is 319 g/mol. The number of aromatic nitrogens is 2. The lowest BCUT2D eigenvalue weighted by Gasteiger charge is -2.35. The maximum Gasteiger partial charge on any atom is 0.320 e. The molecule has 7 nitrogen and oxygen atoms in total. The zero-order valence-electron chi connectivity index (χ0n) is 14.2. The number of hydrogen-bond donors (Lipinski definition) is 0. The summed E-state index contributed by atoms with van der Waals surface area (Å²) in [5, 5.41) is 0. The van der Waals surface area contributed by atoms with Crippen molar-refractivity contribution in [3.05, 3.63) is 27.4 Å². The maximum absolute atomic E-state index is 12.7. The predicted molar refractivity (Wildman–Crippen MR) is 87.7 cm³/mol. The molecule has 1 fully saturated rings. The number of carbonyl (C=O) groups excluding carboxylic acids is 1. The number of amides is 2. The van der Waals surface area contributed by atoms with E-state index in [1.807, 2.05) is 16.7 Å². The standard InChI is InChI=1S/C16H25N5O2/c1-12-17-14-5-7-20(6-4-13(14)15(22)19(12)3)16(23)21-10-8-18(2)9-11-21/h4-11H2,1-3H3. The molecule has 2 aliphatic rings. The summed E-state index contributed by atoms with van der Waals surface area (Å²) in [6, 6.07) is 0.0967. The van der Waals surface area contributed by atoms with E-state index in [0.717, 1.165) is 43.3 Å². The van der Waals surface area contributed by atoms with E-state index < -0.39 is 0 Å². The molecule has 0 radical (unpaired) electrons. The SMILES string of the molecule is Cc1nc2c(c(=O)n1C)CCN(C(=O)N1CCN(C)CC1)CC2. The van der Waals surface area contributed by atoms with Gasteiger partial charge in [0.25, 0.3) is 5.56 Å². The fourth-order valence-corrected chi connectivity index (χ4v) is 3.26. The second-order valence-corrected chi connectivity index (χ2v) is 6.51. The molecular formula is C16H25N5O2. The van der Waals surface area contributed by atoms with Gasteiger partial charge in [-0.3, -0.25) is 9.36 Å². The Bertz CT molecular complexity index is 661. The molecule has 3 rings (SSSR count). The summed E-state index contributed by atoms with van der Waals surface area (Å²) in [5.41, 5.74) is 1.66. The van der Waals surface area contributed by atoms with Crippen LogP contribution in [0.15, 0.2) is 4.79 Å². The van der Waals surface area contributed by atoms with Crippen LogP contribution in [0.25, 0.3) is 0 Å². The fraction of sp³-hybridized carbons (Fsp3) is 0.688. The molecule has 1 saturated heterocycles. The Morgan fingerprint density at radius 1 is 0.957 bits per heavy atom. The van der Waals surface area contributed by atoms with Crippen LogP contribution in [-0.4, -0.2) is 76.6 Å². The number of piperazine rings is 1. The van der Waals surface area contributed by atoms with Crippen LogP contribution in [0, 0.1) is 6.92 Å². The Labute approximate surface area is 136 Å². The lowest BCUT2D eigenvalue weighted by Crippen LogP contribution is -2.52. The number of hydrogen-bond acceptors (Lipinski definition) is 4. The molecule has 0 N–H and O–H groups in total. The van der Waals surface area contributed by atoms with Gasteiger partial charge in [-0.2, -0.15) is 0 Å². The van der Waals surface area contributed by atoms with Gasteiger partial charge in [0.2, 0.25) is 0 Å². The number of urea groups is 1. The van der Waals surface area contributed by atoms with Crippen molar-refractivity contribution in [3.8, 4) is 0 Å². The molecule has 1 aromatic rings. The third kappa shape index (κ3) is 3.10. The molecule has 2 amide bonds. The first-order chi connectivity index (χ1) is 11.0. The minimum absolute atomic E-state index is 0.0291. The number of likely N-dealkylation sites (N-methyl/N-ethyl adjacent to an activating group) is 1. The smallest absolute Gasteiger partial charge is 0.320 e. The maximum atomic E-state index is 12.7. The summed E-state index contributed by atoms with van der Waals surface area (Å²) in [7, 11) is 3.83. The molecular weight excluding hydrogens is 294 g/mol. The zero-order valence-corrected chi connectivity index (χ0v) is 14.2. The third-order valence-corrected chi connectivity index (χ3v) is 4.99. The first kappa shape index (κ1) is 16.0. The summed E-state index contributed by atoms with van der Waals surface area (Å²) in [6.45, 7) is 6.47. The van der Waals surface area contributed by atoms with Crippen LogP contribution >= 0.6 is 0 Å². The summed E-state index contributed by atoms with van der Waals surface area (Å²) >= 11 is 0. The Kier molecular flexibility index (Phi) is 4.39. The van der Waals surface area contributed by atoms with Crippen molar-refractivity contribution < 1.29 is 4.79 Å². The highest BCUT2D eigenvalue weighted by molar-refractivity contribution is 5.74. The van der Waals surface area contributed by atoms with Crippen LogP contribution < -0.4 is 5.56 Å². The topological polar surface area (TPSA) is 61.7 Å². The van der Waals surface area contributed by atoms with Crippen LogP contribution in [0.1, 0.15) is 17.1 Å². The van der Waals surface area contributed by atoms with Crippen LogP contribution in [0.4, 0.5) is 4.79 Å². The highest BCUT2D eigenvalue weighted by Crippen LogP contribution is 2.13. The minimum atomic E-state index is 0.0291. The van der Waals surface area contributed by atoms with Crippen LogP contribution in [-0.2, 0) is 19.9 Å². The van der Waals surface area contributed by atoms with E-state index in [9.17, 15) is 9.59 Å². The van der Waals surface area contributed by atoms with Gasteiger partial charge in [0.15, 0.2) is 0 Å². The number of rotatable bonds is 0. The van der Waals surface area contributed by atoms with E-state index in [-0.39, 0.29) is 11.6 Å². The fourth-order valence-electron chi connectivity index (χ4n) is 3.26. The van der Waals surface area contributed by atoms with Gasteiger partial charge in [0.1, 0.15) is 5.82 Å². The molecule has 0 saturated carbocycles. The molecule has 0 spiro atoms. The summed E-state index contributed by atoms with van der Waals surface area (Å²) in [4.78, 5) is 35.7. The van der Waals surface area contributed by atoms with Crippen LogP contribution in [0.5, 0.6) is 0 Å². The molecule has 2 aliphatic heterocycles. The number of carbonyl (C=O) groups is 1. The van der Waals surface area contributed by atoms with E-state index in [2.05, 4.69) is 16.9 Å². The van der Waals surface area contributed by atoms with Crippen molar-refractivity contribution in [1.82, 2.24) is 24.3 Å². The first-order valence-corrected chi connectivity index (χ1v) is 8.25. The van der Waals surface area contributed by atoms with Gasteiger partial charge in [0, 0.05) is 58.3 Å². The van der Waals surface area contributed by atoms with E-state index in [1.54, 1.807) is 11.6 Å². The molecule has 3 heterocycles. The molecule has 23 heavy (non-hydrogen) atoms. The molecule has 7 heteroatoms. The number of aryl methyl sites for hydroxylation is 1. The molecule has 0 bridgehead atoms. The molecule has 0 aromatic carbocycles. The van der Waals surface area contributed by atoms with Gasteiger partial charge in [-0.05, 0) is 20.4 Å². The van der Waals surface area contributed by atoms with Gasteiger partial charge in [-0.1, -0.05) is 0 Å². The van der Waals surface area contributed by atoms with Gasteiger partial charge in [0.05, 0.1) is 5.69 Å².